The van der Waals surface area contributed by atoms with Crippen LogP contribution in [0.2, 0.25) is 0 Å². The smallest absolute Gasteiger partial charge is 0.0719 e. The van der Waals surface area contributed by atoms with E-state index in [1.165, 1.54) is 66.1 Å². The second kappa shape index (κ2) is 10.4. The summed E-state index contributed by atoms with van der Waals surface area (Å²) in [4.78, 5) is 1.19. The van der Waals surface area contributed by atoms with Gasteiger partial charge < -0.3 is 0 Å². The van der Waals surface area contributed by atoms with Crippen molar-refractivity contribution in [1.82, 2.24) is 0 Å². The van der Waals surface area contributed by atoms with Crippen LogP contribution in [0.15, 0.2) is 152 Å². The van der Waals surface area contributed by atoms with Crippen LogP contribution in [0.1, 0.15) is 52.8 Å². The van der Waals surface area contributed by atoms with Crippen LogP contribution >= 0.6 is 10.0 Å². The van der Waals surface area contributed by atoms with Crippen LogP contribution in [0.4, 0.5) is 0 Å². The van der Waals surface area contributed by atoms with Crippen LogP contribution in [0.5, 0.6) is 0 Å². The van der Waals surface area contributed by atoms with E-state index in [1.807, 2.05) is 12.2 Å². The molecule has 5 aromatic rings. The Kier molecular flexibility index (Phi) is 6.72. The van der Waals surface area contributed by atoms with Crippen molar-refractivity contribution >= 4 is 10.0 Å². The van der Waals surface area contributed by atoms with Gasteiger partial charge in [0.2, 0.25) is 0 Å². The first kappa shape index (κ1) is 28.4. The first-order valence-electron chi connectivity index (χ1n) is 15.4. The van der Waals surface area contributed by atoms with E-state index in [2.05, 4.69) is 161 Å². The van der Waals surface area contributed by atoms with Crippen LogP contribution in [0.25, 0.3) is 22.3 Å². The molecule has 7 rings (SSSR count). The number of hydrogen-bond acceptors (Lipinski definition) is 0. The predicted molar refractivity (Wildman–Crippen MR) is 193 cm³/mol. The number of allylic oxidation sites excluding steroid dienone is 3. The van der Waals surface area contributed by atoms with Crippen molar-refractivity contribution in [3.8, 4) is 22.3 Å². The molecule has 0 heterocycles. The minimum atomic E-state index is -1.08. The fourth-order valence-corrected chi connectivity index (χ4v) is 9.57. The maximum atomic E-state index is 4.42. The van der Waals surface area contributed by atoms with E-state index in [4.69, 9.17) is 0 Å². The standard InChI is InChI=1S/C43H40S/c1-7-8-17-30(2)44(5,6)29-31-18-15-19-32(28-31)33-22-16-27-40-41(33)42(3,4)38-25-13-14-26-39(38)43(40)36-23-11-9-20-34(36)35-21-10-12-24-37(35)43/h7-28H,1-2,29H2,3-6H3/b17-8-. The van der Waals surface area contributed by atoms with Crippen LogP contribution < -0.4 is 0 Å². The molecular formula is C43H40S. The molecule has 0 aliphatic heterocycles. The number of rotatable bonds is 6. The van der Waals surface area contributed by atoms with Crippen LogP contribution in [-0.4, -0.2) is 12.5 Å². The van der Waals surface area contributed by atoms with Crippen molar-refractivity contribution in [2.45, 2.75) is 30.4 Å². The molecule has 5 aromatic carbocycles. The van der Waals surface area contributed by atoms with Crippen molar-refractivity contribution in [2.75, 3.05) is 12.5 Å². The molecule has 218 valence electrons. The lowest BCUT2D eigenvalue weighted by Crippen LogP contribution is -2.41. The molecule has 0 fully saturated rings. The maximum Gasteiger partial charge on any atom is 0.0719 e. The first-order chi connectivity index (χ1) is 21.2. The van der Waals surface area contributed by atoms with Crippen LogP contribution in [0, 0.1) is 0 Å². The van der Waals surface area contributed by atoms with E-state index in [1.54, 1.807) is 0 Å². The van der Waals surface area contributed by atoms with Crippen molar-refractivity contribution in [3.63, 3.8) is 0 Å². The fraction of sp³-hybridized carbons (Fsp3) is 0.163. The second-order valence-corrected chi connectivity index (χ2v) is 17.1. The third kappa shape index (κ3) is 4.06. The first-order valence-corrected chi connectivity index (χ1v) is 18.0. The summed E-state index contributed by atoms with van der Waals surface area (Å²) in [5, 5.41) is 0. The van der Waals surface area contributed by atoms with Gasteiger partial charge in [0.15, 0.2) is 0 Å². The lowest BCUT2D eigenvalue weighted by molar-refractivity contribution is 0.565. The topological polar surface area (TPSA) is 0 Å². The minimum Gasteiger partial charge on any atom is -0.217 e. The van der Waals surface area contributed by atoms with Crippen molar-refractivity contribution in [3.05, 3.63) is 190 Å². The monoisotopic (exact) mass is 588 g/mol. The molecule has 2 aliphatic carbocycles. The molecule has 0 saturated heterocycles. The Hall–Kier alpha value is -4.33. The van der Waals surface area contributed by atoms with Crippen LogP contribution in [-0.2, 0) is 16.6 Å². The molecule has 44 heavy (non-hydrogen) atoms. The Morgan fingerprint density at radius 1 is 0.659 bits per heavy atom. The molecule has 2 aliphatic rings. The van der Waals surface area contributed by atoms with E-state index < -0.39 is 10.0 Å². The molecule has 1 spiro atoms. The minimum absolute atomic E-state index is 0.190. The third-order valence-electron chi connectivity index (χ3n) is 9.94. The summed E-state index contributed by atoms with van der Waals surface area (Å²) in [6.07, 6.45) is 10.7. The second-order valence-electron chi connectivity index (χ2n) is 13.2. The number of fused-ring (bicyclic) bond motifs is 9. The average molecular weight is 589 g/mol. The molecule has 0 aromatic heterocycles. The van der Waals surface area contributed by atoms with Crippen LogP contribution in [0.3, 0.4) is 0 Å². The van der Waals surface area contributed by atoms with Crippen molar-refractivity contribution < 1.29 is 0 Å². The molecule has 0 bridgehead atoms. The van der Waals surface area contributed by atoms with Gasteiger partial charge in [-0.15, -0.1) is 0 Å². The molecule has 0 N–H and O–H groups in total. The molecule has 0 unspecified atom stereocenters. The van der Waals surface area contributed by atoms with Gasteiger partial charge in [-0.1, -0.05) is 160 Å². The summed E-state index contributed by atoms with van der Waals surface area (Å²) < 4.78 is 0. The molecule has 0 atom stereocenters. The Labute approximate surface area is 264 Å². The zero-order valence-electron chi connectivity index (χ0n) is 26.2. The summed E-state index contributed by atoms with van der Waals surface area (Å²) >= 11 is 0. The quantitative estimate of drug-likeness (QED) is 0.170. The van der Waals surface area contributed by atoms with Gasteiger partial charge in [0.05, 0.1) is 5.41 Å². The summed E-state index contributed by atoms with van der Waals surface area (Å²) in [6.45, 7) is 13.1. The Balaban J connectivity index is 1.48. The van der Waals surface area contributed by atoms with E-state index in [9.17, 15) is 0 Å². The van der Waals surface area contributed by atoms with Gasteiger partial charge in [0, 0.05) is 11.2 Å². The van der Waals surface area contributed by atoms with Crippen molar-refractivity contribution in [2.24, 2.45) is 0 Å². The average Bonchev–Trinajstić information content (AvgIpc) is 3.33. The molecule has 1 heteroatoms. The molecule has 0 nitrogen and oxygen atoms in total. The summed E-state index contributed by atoms with van der Waals surface area (Å²) in [6, 6.07) is 43.6. The summed E-state index contributed by atoms with van der Waals surface area (Å²) in [7, 11) is -1.08. The maximum absolute atomic E-state index is 4.42. The van der Waals surface area contributed by atoms with Gasteiger partial charge in [-0.25, -0.2) is 10.0 Å². The predicted octanol–water partition coefficient (Wildman–Crippen LogP) is 11.2. The van der Waals surface area contributed by atoms with Gasteiger partial charge in [-0.3, -0.25) is 0 Å². The molecule has 0 amide bonds. The number of benzene rings is 5. The Morgan fingerprint density at radius 2 is 1.20 bits per heavy atom. The molecular weight excluding hydrogens is 549 g/mol. The van der Waals surface area contributed by atoms with Gasteiger partial charge in [-0.2, -0.15) is 0 Å². The summed E-state index contributed by atoms with van der Waals surface area (Å²) in [5.74, 6) is 0.993. The Bertz CT molecular complexity index is 1940. The normalized spacial score (nSPS) is 15.7. The van der Waals surface area contributed by atoms with Gasteiger partial charge in [0.25, 0.3) is 0 Å². The highest BCUT2D eigenvalue weighted by molar-refractivity contribution is 8.35. The Morgan fingerprint density at radius 3 is 1.86 bits per heavy atom. The highest BCUT2D eigenvalue weighted by atomic mass is 32.3. The molecule has 0 radical (unpaired) electrons. The highest BCUT2D eigenvalue weighted by Crippen LogP contribution is 2.63. The van der Waals surface area contributed by atoms with E-state index >= 15 is 0 Å². The van der Waals surface area contributed by atoms with Gasteiger partial charge >= 0.3 is 0 Å². The lowest BCUT2D eigenvalue weighted by atomic mass is 9.54. The summed E-state index contributed by atoms with van der Waals surface area (Å²) in [5.41, 5.74) is 14.5. The zero-order chi connectivity index (χ0) is 30.7. The number of hydrogen-bond donors (Lipinski definition) is 0. The van der Waals surface area contributed by atoms with Crippen molar-refractivity contribution in [1.29, 1.82) is 0 Å². The zero-order valence-corrected chi connectivity index (χ0v) is 27.0. The lowest BCUT2D eigenvalue weighted by Gasteiger charge is -2.47. The third-order valence-corrected chi connectivity index (χ3v) is 12.6. The SMILES string of the molecule is C=C/C=C\C(=C)S(C)(C)Cc1cccc(-c2cccc3c2C(C)(C)c2ccccc2C32c3ccccc3-c3ccccc32)c1. The van der Waals surface area contributed by atoms with Gasteiger partial charge in [-0.05, 0) is 78.6 Å². The van der Waals surface area contributed by atoms with E-state index in [0.717, 1.165) is 5.75 Å². The van der Waals surface area contributed by atoms with Gasteiger partial charge in [0.1, 0.15) is 0 Å². The highest BCUT2D eigenvalue weighted by Gasteiger charge is 2.53. The molecule has 0 saturated carbocycles. The fourth-order valence-electron chi connectivity index (χ4n) is 7.93. The largest absolute Gasteiger partial charge is 0.217 e. The van der Waals surface area contributed by atoms with E-state index in [-0.39, 0.29) is 10.8 Å². The van der Waals surface area contributed by atoms with E-state index in [0.29, 0.717) is 0 Å².